The minimum atomic E-state index is -0.536. The second kappa shape index (κ2) is 9.27. The van der Waals surface area contributed by atoms with Crippen molar-refractivity contribution in [2.75, 3.05) is 32.2 Å². The van der Waals surface area contributed by atoms with E-state index in [1.54, 1.807) is 6.07 Å². The molecule has 19 heavy (non-hydrogen) atoms. The first kappa shape index (κ1) is 15.4. The van der Waals surface area contributed by atoms with E-state index in [2.05, 4.69) is 26.9 Å². The fraction of sp³-hybridized carbons (Fsp3) is 0.615. The van der Waals surface area contributed by atoms with Gasteiger partial charge >= 0.3 is 5.97 Å². The highest BCUT2D eigenvalue weighted by atomic mass is 16.5. The molecule has 0 aliphatic carbocycles. The molecular weight excluding hydrogens is 246 g/mol. The zero-order valence-electron chi connectivity index (χ0n) is 11.5. The van der Waals surface area contributed by atoms with Gasteiger partial charge in [-0.05, 0) is 18.9 Å². The van der Waals surface area contributed by atoms with Gasteiger partial charge in [-0.25, -0.2) is 14.8 Å². The van der Waals surface area contributed by atoms with E-state index in [1.165, 1.54) is 13.3 Å². The summed E-state index contributed by atoms with van der Waals surface area (Å²) >= 11 is 0. The Hall–Kier alpha value is -1.69. The molecule has 1 aromatic rings. The van der Waals surface area contributed by atoms with Crippen LogP contribution in [0.1, 0.15) is 36.8 Å². The molecule has 0 aliphatic heterocycles. The lowest BCUT2D eigenvalue weighted by Gasteiger charge is -2.06. The van der Waals surface area contributed by atoms with Gasteiger partial charge in [0, 0.05) is 26.0 Å². The first-order chi connectivity index (χ1) is 9.27. The number of esters is 1. The SMILES string of the molecule is CCCCOCCCNc1ccnc(C(=O)OC)n1. The number of unbranched alkanes of at least 4 members (excludes halogenated alkanes) is 1. The minimum Gasteiger partial charge on any atom is -0.463 e. The van der Waals surface area contributed by atoms with E-state index in [0.717, 1.165) is 39.0 Å². The largest absolute Gasteiger partial charge is 0.463 e. The molecule has 6 nitrogen and oxygen atoms in total. The number of hydrogen-bond acceptors (Lipinski definition) is 6. The van der Waals surface area contributed by atoms with Crippen molar-refractivity contribution in [1.82, 2.24) is 9.97 Å². The third-order valence-corrected chi connectivity index (χ3v) is 2.44. The number of carbonyl (C=O) groups is 1. The summed E-state index contributed by atoms with van der Waals surface area (Å²) in [6, 6.07) is 1.71. The highest BCUT2D eigenvalue weighted by Gasteiger charge is 2.08. The molecule has 0 saturated heterocycles. The van der Waals surface area contributed by atoms with Crippen LogP contribution < -0.4 is 5.32 Å². The van der Waals surface area contributed by atoms with Crippen LogP contribution >= 0.6 is 0 Å². The van der Waals surface area contributed by atoms with Gasteiger partial charge in [-0.1, -0.05) is 13.3 Å². The zero-order valence-corrected chi connectivity index (χ0v) is 11.5. The second-order valence-corrected chi connectivity index (χ2v) is 4.00. The van der Waals surface area contributed by atoms with Crippen molar-refractivity contribution in [1.29, 1.82) is 0 Å². The van der Waals surface area contributed by atoms with Gasteiger partial charge in [-0.3, -0.25) is 0 Å². The van der Waals surface area contributed by atoms with Crippen molar-refractivity contribution in [2.24, 2.45) is 0 Å². The maximum Gasteiger partial charge on any atom is 0.376 e. The molecule has 0 radical (unpaired) electrons. The van der Waals surface area contributed by atoms with Crippen molar-refractivity contribution in [2.45, 2.75) is 26.2 Å². The molecule has 0 spiro atoms. The number of nitrogens with one attached hydrogen (secondary N) is 1. The molecule has 1 aromatic heterocycles. The summed E-state index contributed by atoms with van der Waals surface area (Å²) in [5.74, 6) is 0.141. The Labute approximate surface area is 113 Å². The van der Waals surface area contributed by atoms with Crippen LogP contribution in [0.3, 0.4) is 0 Å². The lowest BCUT2D eigenvalue weighted by Crippen LogP contribution is -2.11. The summed E-state index contributed by atoms with van der Waals surface area (Å²) in [7, 11) is 1.30. The van der Waals surface area contributed by atoms with Crippen LogP contribution in [0.25, 0.3) is 0 Å². The summed E-state index contributed by atoms with van der Waals surface area (Å²) in [6.07, 6.45) is 4.66. The monoisotopic (exact) mass is 267 g/mol. The number of methoxy groups -OCH3 is 1. The molecule has 0 unspecified atom stereocenters. The van der Waals surface area contributed by atoms with Crippen LogP contribution in [0, 0.1) is 0 Å². The number of carbonyl (C=O) groups excluding carboxylic acids is 1. The molecule has 0 atom stereocenters. The molecule has 0 amide bonds. The van der Waals surface area contributed by atoms with E-state index in [9.17, 15) is 4.79 Å². The Kier molecular flexibility index (Phi) is 7.50. The molecular formula is C13H21N3O3. The van der Waals surface area contributed by atoms with Crippen molar-refractivity contribution >= 4 is 11.8 Å². The van der Waals surface area contributed by atoms with Crippen LogP contribution in [-0.4, -0.2) is 42.8 Å². The molecule has 1 N–H and O–H groups in total. The highest BCUT2D eigenvalue weighted by Crippen LogP contribution is 2.03. The fourth-order valence-electron chi connectivity index (χ4n) is 1.39. The Morgan fingerprint density at radius 1 is 1.37 bits per heavy atom. The van der Waals surface area contributed by atoms with Gasteiger partial charge in [-0.15, -0.1) is 0 Å². The van der Waals surface area contributed by atoms with Crippen molar-refractivity contribution in [3.05, 3.63) is 18.1 Å². The predicted octanol–water partition coefficient (Wildman–Crippen LogP) is 1.88. The van der Waals surface area contributed by atoms with Crippen molar-refractivity contribution < 1.29 is 14.3 Å². The highest BCUT2D eigenvalue weighted by molar-refractivity contribution is 5.85. The summed E-state index contributed by atoms with van der Waals surface area (Å²) in [4.78, 5) is 19.1. The average Bonchev–Trinajstić information content (AvgIpc) is 2.46. The van der Waals surface area contributed by atoms with Crippen LogP contribution in [-0.2, 0) is 9.47 Å². The van der Waals surface area contributed by atoms with Crippen LogP contribution in [0.4, 0.5) is 5.82 Å². The van der Waals surface area contributed by atoms with Gasteiger partial charge in [0.1, 0.15) is 5.82 Å². The molecule has 6 heteroatoms. The van der Waals surface area contributed by atoms with Gasteiger partial charge in [0.25, 0.3) is 0 Å². The zero-order chi connectivity index (χ0) is 13.9. The number of hydrogen-bond donors (Lipinski definition) is 1. The third-order valence-electron chi connectivity index (χ3n) is 2.44. The molecule has 0 fully saturated rings. The van der Waals surface area contributed by atoms with E-state index >= 15 is 0 Å². The number of anilines is 1. The normalized spacial score (nSPS) is 10.2. The van der Waals surface area contributed by atoms with E-state index < -0.39 is 5.97 Å². The number of aromatic nitrogens is 2. The van der Waals surface area contributed by atoms with Crippen LogP contribution in [0.5, 0.6) is 0 Å². The third kappa shape index (κ3) is 6.15. The first-order valence-corrected chi connectivity index (χ1v) is 6.51. The summed E-state index contributed by atoms with van der Waals surface area (Å²) in [5.41, 5.74) is 0. The quantitative estimate of drug-likeness (QED) is 0.544. The molecule has 0 saturated carbocycles. The lowest BCUT2D eigenvalue weighted by molar-refractivity contribution is 0.0587. The molecule has 0 aromatic carbocycles. The molecule has 106 valence electrons. The smallest absolute Gasteiger partial charge is 0.376 e. The summed E-state index contributed by atoms with van der Waals surface area (Å²) in [6.45, 7) is 4.42. The van der Waals surface area contributed by atoms with E-state index in [-0.39, 0.29) is 5.82 Å². The molecule has 0 bridgehead atoms. The molecule has 1 rings (SSSR count). The Balaban J connectivity index is 2.24. The van der Waals surface area contributed by atoms with Crippen LogP contribution in [0.15, 0.2) is 12.3 Å². The van der Waals surface area contributed by atoms with Gasteiger partial charge in [0.2, 0.25) is 5.82 Å². The standard InChI is InChI=1S/C13H21N3O3/c1-3-4-9-19-10-5-7-14-11-6-8-15-12(16-11)13(17)18-2/h6,8H,3-5,7,9-10H2,1-2H3,(H,14,15,16). The maximum atomic E-state index is 11.2. The number of nitrogens with zero attached hydrogens (tertiary/aromatic N) is 2. The topological polar surface area (TPSA) is 73.3 Å². The van der Waals surface area contributed by atoms with E-state index in [0.29, 0.717) is 5.82 Å². The molecule has 0 aliphatic rings. The number of rotatable bonds is 9. The number of ether oxygens (including phenoxy) is 2. The Morgan fingerprint density at radius 2 is 2.16 bits per heavy atom. The Morgan fingerprint density at radius 3 is 2.89 bits per heavy atom. The average molecular weight is 267 g/mol. The first-order valence-electron chi connectivity index (χ1n) is 6.51. The van der Waals surface area contributed by atoms with Gasteiger partial charge < -0.3 is 14.8 Å². The van der Waals surface area contributed by atoms with Gasteiger partial charge in [-0.2, -0.15) is 0 Å². The summed E-state index contributed by atoms with van der Waals surface area (Å²) < 4.78 is 10.0. The van der Waals surface area contributed by atoms with E-state index in [4.69, 9.17) is 4.74 Å². The minimum absolute atomic E-state index is 0.0618. The predicted molar refractivity (Wildman–Crippen MR) is 72.2 cm³/mol. The van der Waals surface area contributed by atoms with E-state index in [1.807, 2.05) is 0 Å². The van der Waals surface area contributed by atoms with Gasteiger partial charge in [0.15, 0.2) is 0 Å². The van der Waals surface area contributed by atoms with Crippen molar-refractivity contribution in [3.8, 4) is 0 Å². The van der Waals surface area contributed by atoms with Crippen molar-refractivity contribution in [3.63, 3.8) is 0 Å². The summed E-state index contributed by atoms with van der Waals surface area (Å²) in [5, 5.41) is 3.12. The fourth-order valence-corrected chi connectivity index (χ4v) is 1.39. The second-order valence-electron chi connectivity index (χ2n) is 4.00. The Bertz CT molecular complexity index is 385. The maximum absolute atomic E-state index is 11.2. The van der Waals surface area contributed by atoms with Gasteiger partial charge in [0.05, 0.1) is 7.11 Å². The molecule has 1 heterocycles. The van der Waals surface area contributed by atoms with Crippen LogP contribution in [0.2, 0.25) is 0 Å². The lowest BCUT2D eigenvalue weighted by atomic mass is 10.3.